The molecule has 0 radical (unpaired) electrons. The van der Waals surface area contributed by atoms with Gasteiger partial charge < -0.3 is 15.7 Å². The number of amides is 1. The van der Waals surface area contributed by atoms with Gasteiger partial charge in [-0.3, -0.25) is 9.59 Å². The Bertz CT molecular complexity index is 502. The van der Waals surface area contributed by atoms with Gasteiger partial charge >= 0.3 is 5.97 Å². The molecule has 0 aliphatic carbocycles. The number of carbonyl (C=O) groups is 2. The average molecular weight is 276 g/mol. The largest absolute Gasteiger partial charge is 0.481 e. The van der Waals surface area contributed by atoms with E-state index in [1.165, 1.54) is 11.1 Å². The van der Waals surface area contributed by atoms with E-state index in [-0.39, 0.29) is 24.4 Å². The van der Waals surface area contributed by atoms with Crippen molar-refractivity contribution in [2.24, 2.45) is 0 Å². The van der Waals surface area contributed by atoms with Crippen LogP contribution in [0.25, 0.3) is 0 Å². The molecule has 1 heterocycles. The van der Waals surface area contributed by atoms with E-state index in [1.54, 1.807) is 0 Å². The molecule has 1 aliphatic heterocycles. The summed E-state index contributed by atoms with van der Waals surface area (Å²) in [6.45, 7) is 2.52. The third-order valence-electron chi connectivity index (χ3n) is 3.58. The maximum absolute atomic E-state index is 12.1. The Balaban J connectivity index is 1.87. The number of carboxylic acids is 1. The number of nitrogens with one attached hydrogen (secondary N) is 2. The summed E-state index contributed by atoms with van der Waals surface area (Å²) in [6, 6.07) is 7.72. The normalized spacial score (nSPS) is 18.9. The summed E-state index contributed by atoms with van der Waals surface area (Å²) in [5.41, 5.74) is 2.43. The second kappa shape index (κ2) is 6.52. The molecule has 108 valence electrons. The number of hydrogen-bond donors (Lipinski definition) is 3. The van der Waals surface area contributed by atoms with Gasteiger partial charge in [0.2, 0.25) is 5.91 Å². The zero-order valence-electron chi connectivity index (χ0n) is 11.6. The van der Waals surface area contributed by atoms with Crippen molar-refractivity contribution in [3.8, 4) is 0 Å². The lowest BCUT2D eigenvalue weighted by Crippen LogP contribution is -2.49. The Labute approximate surface area is 118 Å². The summed E-state index contributed by atoms with van der Waals surface area (Å²) < 4.78 is 0. The van der Waals surface area contributed by atoms with Gasteiger partial charge in [0.25, 0.3) is 0 Å². The molecule has 3 N–H and O–H groups in total. The van der Waals surface area contributed by atoms with Gasteiger partial charge in [-0.25, -0.2) is 0 Å². The number of fused-ring (bicyclic) bond motifs is 1. The van der Waals surface area contributed by atoms with E-state index < -0.39 is 5.97 Å². The lowest BCUT2D eigenvalue weighted by atomic mass is 9.95. The lowest BCUT2D eigenvalue weighted by Gasteiger charge is -2.26. The first-order chi connectivity index (χ1) is 9.56. The van der Waals surface area contributed by atoms with Crippen LogP contribution in [0.15, 0.2) is 24.3 Å². The predicted molar refractivity (Wildman–Crippen MR) is 75.2 cm³/mol. The van der Waals surface area contributed by atoms with E-state index >= 15 is 0 Å². The molecule has 5 heteroatoms. The molecule has 1 aromatic rings. The maximum atomic E-state index is 12.1. The van der Waals surface area contributed by atoms with Gasteiger partial charge in [-0.05, 0) is 30.9 Å². The molecule has 0 spiro atoms. The van der Waals surface area contributed by atoms with Crippen molar-refractivity contribution in [2.75, 3.05) is 0 Å². The number of aliphatic carboxylic acids is 1. The van der Waals surface area contributed by atoms with Crippen LogP contribution in [0.3, 0.4) is 0 Å². The molecule has 0 fully saturated rings. The Morgan fingerprint density at radius 2 is 2.10 bits per heavy atom. The summed E-state index contributed by atoms with van der Waals surface area (Å²) >= 11 is 0. The zero-order chi connectivity index (χ0) is 14.5. The molecule has 0 aromatic heterocycles. The molecule has 0 saturated heterocycles. The summed E-state index contributed by atoms with van der Waals surface area (Å²) in [7, 11) is 0. The van der Waals surface area contributed by atoms with Crippen LogP contribution in [0.1, 0.15) is 30.9 Å². The zero-order valence-corrected chi connectivity index (χ0v) is 11.6. The summed E-state index contributed by atoms with van der Waals surface area (Å²) in [5, 5.41) is 14.7. The van der Waals surface area contributed by atoms with E-state index in [9.17, 15) is 9.59 Å². The highest BCUT2D eigenvalue weighted by Crippen LogP contribution is 2.16. The smallest absolute Gasteiger partial charge is 0.303 e. The number of benzene rings is 1. The molecule has 0 bridgehead atoms. The Morgan fingerprint density at radius 3 is 2.80 bits per heavy atom. The van der Waals surface area contributed by atoms with E-state index in [2.05, 4.69) is 16.7 Å². The number of carboxylic acid groups (broad SMARTS) is 1. The summed E-state index contributed by atoms with van der Waals surface area (Å²) in [5.74, 6) is -0.895. The fourth-order valence-corrected chi connectivity index (χ4v) is 2.40. The van der Waals surface area contributed by atoms with E-state index in [0.29, 0.717) is 19.4 Å². The van der Waals surface area contributed by atoms with E-state index in [1.807, 2.05) is 25.1 Å². The molecule has 2 rings (SSSR count). The summed E-state index contributed by atoms with van der Waals surface area (Å²) in [4.78, 5) is 22.6. The molecule has 1 amide bonds. The highest BCUT2D eigenvalue weighted by molar-refractivity contribution is 5.82. The van der Waals surface area contributed by atoms with Gasteiger partial charge in [-0.1, -0.05) is 24.3 Å². The molecular weight excluding hydrogens is 256 g/mol. The van der Waals surface area contributed by atoms with Crippen molar-refractivity contribution in [1.82, 2.24) is 10.6 Å². The van der Waals surface area contributed by atoms with Gasteiger partial charge in [0, 0.05) is 19.0 Å². The van der Waals surface area contributed by atoms with Crippen LogP contribution in [0.4, 0.5) is 0 Å². The first kappa shape index (κ1) is 14.5. The number of carbonyl (C=O) groups excluding carboxylic acids is 1. The third kappa shape index (κ3) is 3.81. The van der Waals surface area contributed by atoms with Crippen LogP contribution >= 0.6 is 0 Å². The number of hydrogen-bond acceptors (Lipinski definition) is 3. The molecular formula is C15H20N2O3. The predicted octanol–water partition coefficient (Wildman–Crippen LogP) is 1.07. The fourth-order valence-electron chi connectivity index (χ4n) is 2.40. The first-order valence-electron chi connectivity index (χ1n) is 6.88. The Morgan fingerprint density at radius 1 is 1.40 bits per heavy atom. The second-order valence-corrected chi connectivity index (χ2v) is 5.25. The Kier molecular flexibility index (Phi) is 4.74. The minimum Gasteiger partial charge on any atom is -0.481 e. The van der Waals surface area contributed by atoms with Gasteiger partial charge in [0.15, 0.2) is 0 Å². The van der Waals surface area contributed by atoms with Crippen molar-refractivity contribution in [3.63, 3.8) is 0 Å². The quantitative estimate of drug-likeness (QED) is 0.751. The van der Waals surface area contributed by atoms with Crippen LogP contribution in [0, 0.1) is 0 Å². The first-order valence-corrected chi connectivity index (χ1v) is 6.88. The van der Waals surface area contributed by atoms with Crippen molar-refractivity contribution in [1.29, 1.82) is 0 Å². The Hall–Kier alpha value is -1.88. The standard InChI is InChI=1S/C15H20N2O3/c1-10(6-7-14(18)19)17-15(20)13-8-11-4-2-3-5-12(11)9-16-13/h2-5,10,13,16H,6-9H2,1H3,(H,17,20)(H,18,19)/t10?,13-/m1/s1. The molecule has 20 heavy (non-hydrogen) atoms. The van der Waals surface area contributed by atoms with Crippen molar-refractivity contribution >= 4 is 11.9 Å². The van der Waals surface area contributed by atoms with Crippen molar-refractivity contribution in [3.05, 3.63) is 35.4 Å². The van der Waals surface area contributed by atoms with Gasteiger partial charge in [0.05, 0.1) is 6.04 Å². The highest BCUT2D eigenvalue weighted by atomic mass is 16.4. The molecule has 1 aliphatic rings. The van der Waals surface area contributed by atoms with Crippen molar-refractivity contribution in [2.45, 2.75) is 44.8 Å². The van der Waals surface area contributed by atoms with Crippen LogP contribution in [0.5, 0.6) is 0 Å². The monoisotopic (exact) mass is 276 g/mol. The SMILES string of the molecule is CC(CCC(=O)O)NC(=O)[C@H]1Cc2ccccc2CN1. The van der Waals surface area contributed by atoms with E-state index in [0.717, 1.165) is 0 Å². The van der Waals surface area contributed by atoms with Gasteiger partial charge in [-0.15, -0.1) is 0 Å². The average Bonchev–Trinajstić information content (AvgIpc) is 2.44. The summed E-state index contributed by atoms with van der Waals surface area (Å²) in [6.07, 6.45) is 1.19. The van der Waals surface area contributed by atoms with Gasteiger partial charge in [0.1, 0.15) is 0 Å². The van der Waals surface area contributed by atoms with Crippen molar-refractivity contribution < 1.29 is 14.7 Å². The minimum atomic E-state index is -0.837. The topological polar surface area (TPSA) is 78.4 Å². The highest BCUT2D eigenvalue weighted by Gasteiger charge is 2.24. The van der Waals surface area contributed by atoms with Crippen LogP contribution in [-0.2, 0) is 22.6 Å². The maximum Gasteiger partial charge on any atom is 0.303 e. The van der Waals surface area contributed by atoms with E-state index in [4.69, 9.17) is 5.11 Å². The minimum absolute atomic E-state index is 0.0580. The van der Waals surface area contributed by atoms with Crippen LogP contribution < -0.4 is 10.6 Å². The second-order valence-electron chi connectivity index (χ2n) is 5.25. The van der Waals surface area contributed by atoms with Crippen LogP contribution in [-0.4, -0.2) is 29.1 Å². The molecule has 1 aromatic carbocycles. The molecule has 0 saturated carbocycles. The fraction of sp³-hybridized carbons (Fsp3) is 0.467. The molecule has 2 atom stereocenters. The molecule has 5 nitrogen and oxygen atoms in total. The molecule has 1 unspecified atom stereocenters. The third-order valence-corrected chi connectivity index (χ3v) is 3.58. The lowest BCUT2D eigenvalue weighted by molar-refractivity contribution is -0.137. The van der Waals surface area contributed by atoms with Gasteiger partial charge in [-0.2, -0.15) is 0 Å². The van der Waals surface area contributed by atoms with Crippen LogP contribution in [0.2, 0.25) is 0 Å². The number of rotatable bonds is 5.